The third-order valence-electron chi connectivity index (χ3n) is 6.03. The Morgan fingerprint density at radius 2 is 1.94 bits per heavy atom. The van der Waals surface area contributed by atoms with Gasteiger partial charge in [0.05, 0.1) is 0 Å². The van der Waals surface area contributed by atoms with Crippen molar-refractivity contribution in [3.63, 3.8) is 0 Å². The number of benzene rings is 1. The molecular formula is C24H27N5O3. The van der Waals surface area contributed by atoms with Gasteiger partial charge in [0.15, 0.2) is 5.69 Å². The van der Waals surface area contributed by atoms with Crippen molar-refractivity contribution in [2.75, 3.05) is 13.6 Å². The molecule has 2 amide bonds. The maximum Gasteiger partial charge on any atom is 0.274 e. The van der Waals surface area contributed by atoms with Crippen LogP contribution < -0.4 is 10.9 Å². The van der Waals surface area contributed by atoms with Crippen molar-refractivity contribution in [2.24, 2.45) is 7.05 Å². The Morgan fingerprint density at radius 1 is 1.19 bits per heavy atom. The van der Waals surface area contributed by atoms with Gasteiger partial charge in [-0.2, -0.15) is 5.10 Å². The number of amides is 2. The average molecular weight is 434 g/mol. The number of pyridine rings is 1. The fraction of sp³-hybridized carbons (Fsp3) is 0.333. The molecule has 1 N–H and O–H groups in total. The zero-order chi connectivity index (χ0) is 22.8. The first-order valence-corrected chi connectivity index (χ1v) is 10.7. The highest BCUT2D eigenvalue weighted by Gasteiger charge is 2.29. The number of rotatable bonds is 5. The van der Waals surface area contributed by atoms with Crippen molar-refractivity contribution in [3.05, 3.63) is 86.6 Å². The molecular weight excluding hydrogens is 406 g/mol. The van der Waals surface area contributed by atoms with Crippen LogP contribution in [-0.4, -0.2) is 44.7 Å². The van der Waals surface area contributed by atoms with Crippen molar-refractivity contribution < 1.29 is 9.59 Å². The molecule has 0 aliphatic carbocycles. The Hall–Kier alpha value is -3.68. The molecule has 0 atom stereocenters. The summed E-state index contributed by atoms with van der Waals surface area (Å²) in [5.74, 6) is -0.539. The van der Waals surface area contributed by atoms with E-state index < -0.39 is 0 Å². The second kappa shape index (κ2) is 8.82. The summed E-state index contributed by atoms with van der Waals surface area (Å²) in [6.07, 6.45) is 2.92. The van der Waals surface area contributed by atoms with Crippen LogP contribution in [-0.2, 0) is 33.0 Å². The second-order valence-electron chi connectivity index (χ2n) is 8.09. The topological polar surface area (TPSA) is 89.2 Å². The van der Waals surface area contributed by atoms with Crippen molar-refractivity contribution in [1.82, 2.24) is 24.6 Å². The van der Waals surface area contributed by atoms with Gasteiger partial charge in [0.2, 0.25) is 0 Å². The molecule has 32 heavy (non-hydrogen) atoms. The van der Waals surface area contributed by atoms with Gasteiger partial charge in [-0.1, -0.05) is 30.3 Å². The van der Waals surface area contributed by atoms with Gasteiger partial charge in [-0.15, -0.1) is 0 Å². The fourth-order valence-corrected chi connectivity index (χ4v) is 4.13. The van der Waals surface area contributed by atoms with Gasteiger partial charge in [0, 0.05) is 45.6 Å². The largest absolute Gasteiger partial charge is 0.355 e. The van der Waals surface area contributed by atoms with Crippen LogP contribution in [0.1, 0.15) is 43.2 Å². The van der Waals surface area contributed by atoms with Crippen molar-refractivity contribution >= 4 is 11.8 Å². The lowest BCUT2D eigenvalue weighted by Crippen LogP contribution is -2.41. The predicted molar refractivity (Wildman–Crippen MR) is 121 cm³/mol. The van der Waals surface area contributed by atoms with Gasteiger partial charge in [0.1, 0.15) is 5.56 Å². The number of nitrogens with zero attached hydrogens (tertiary/aromatic N) is 4. The number of carbonyl (C=O) groups excluding carboxylic acids is 2. The molecule has 1 aromatic carbocycles. The Kier molecular flexibility index (Phi) is 5.94. The van der Waals surface area contributed by atoms with E-state index >= 15 is 0 Å². The Morgan fingerprint density at radius 3 is 2.59 bits per heavy atom. The lowest BCUT2D eigenvalue weighted by Gasteiger charge is -2.30. The molecule has 2 aromatic heterocycles. The van der Waals surface area contributed by atoms with E-state index in [-0.39, 0.29) is 22.9 Å². The Bertz CT molecular complexity index is 1210. The lowest BCUT2D eigenvalue weighted by molar-refractivity contribution is 0.0727. The predicted octanol–water partition coefficient (Wildman–Crippen LogP) is 1.69. The van der Waals surface area contributed by atoms with Crippen LogP contribution in [0.15, 0.2) is 47.4 Å². The van der Waals surface area contributed by atoms with Gasteiger partial charge in [0.25, 0.3) is 17.4 Å². The molecule has 0 spiro atoms. The quantitative estimate of drug-likeness (QED) is 0.663. The van der Waals surface area contributed by atoms with E-state index in [4.69, 9.17) is 0 Å². The fourth-order valence-electron chi connectivity index (χ4n) is 4.13. The second-order valence-corrected chi connectivity index (χ2v) is 8.09. The van der Waals surface area contributed by atoms with E-state index in [1.165, 1.54) is 7.05 Å². The van der Waals surface area contributed by atoms with Crippen LogP contribution in [0.5, 0.6) is 0 Å². The van der Waals surface area contributed by atoms with Crippen LogP contribution in [0.4, 0.5) is 0 Å². The van der Waals surface area contributed by atoms with Gasteiger partial charge in [-0.05, 0) is 42.5 Å². The summed E-state index contributed by atoms with van der Waals surface area (Å²) < 4.78 is 3.27. The molecule has 3 aromatic rings. The summed E-state index contributed by atoms with van der Waals surface area (Å²) in [5.41, 5.74) is 3.86. The Labute approximate surface area is 186 Å². The molecule has 0 unspecified atom stereocenters. The van der Waals surface area contributed by atoms with Crippen LogP contribution in [0.3, 0.4) is 0 Å². The first-order valence-electron chi connectivity index (χ1n) is 10.7. The van der Waals surface area contributed by atoms with E-state index in [1.54, 1.807) is 33.5 Å². The first-order chi connectivity index (χ1) is 15.4. The van der Waals surface area contributed by atoms with Crippen LogP contribution in [0, 0.1) is 6.92 Å². The monoisotopic (exact) mass is 433 g/mol. The molecule has 0 fully saturated rings. The number of carbonyl (C=O) groups is 2. The summed E-state index contributed by atoms with van der Waals surface area (Å²) in [4.78, 5) is 40.5. The molecule has 166 valence electrons. The van der Waals surface area contributed by atoms with E-state index in [2.05, 4.69) is 10.4 Å². The average Bonchev–Trinajstić information content (AvgIpc) is 3.15. The van der Waals surface area contributed by atoms with E-state index in [9.17, 15) is 14.4 Å². The summed E-state index contributed by atoms with van der Waals surface area (Å²) in [6.45, 7) is 3.11. The molecule has 1 aliphatic rings. The normalized spacial score (nSPS) is 13.0. The van der Waals surface area contributed by atoms with Crippen molar-refractivity contribution in [2.45, 2.75) is 32.9 Å². The first kappa shape index (κ1) is 21.5. The van der Waals surface area contributed by atoms with Crippen molar-refractivity contribution in [3.8, 4) is 0 Å². The molecule has 8 heteroatoms. The highest BCUT2D eigenvalue weighted by atomic mass is 16.2. The number of aryl methyl sites for hydroxylation is 4. The summed E-state index contributed by atoms with van der Waals surface area (Å²) in [6, 6.07) is 11.7. The summed E-state index contributed by atoms with van der Waals surface area (Å²) >= 11 is 0. The highest BCUT2D eigenvalue weighted by Crippen LogP contribution is 2.22. The molecule has 0 saturated heterocycles. The maximum atomic E-state index is 13.1. The van der Waals surface area contributed by atoms with E-state index in [0.29, 0.717) is 38.2 Å². The summed E-state index contributed by atoms with van der Waals surface area (Å²) in [7, 11) is 3.33. The maximum absolute atomic E-state index is 13.1. The van der Waals surface area contributed by atoms with Crippen LogP contribution in [0.2, 0.25) is 0 Å². The van der Waals surface area contributed by atoms with Gasteiger partial charge >= 0.3 is 0 Å². The minimum atomic E-state index is -0.388. The number of hydrogen-bond donors (Lipinski definition) is 1. The SMILES string of the molecule is CNC(=O)c1c2c(cn(CCc3ccccc3)c1=O)CN(C(=O)c1cc(C)n(C)n1)CC2. The minimum Gasteiger partial charge on any atom is -0.355 e. The van der Waals surface area contributed by atoms with E-state index in [0.717, 1.165) is 22.4 Å². The number of aromatic nitrogens is 3. The number of fused-ring (bicyclic) bond motifs is 1. The number of hydrogen-bond acceptors (Lipinski definition) is 4. The molecule has 4 rings (SSSR count). The summed E-state index contributed by atoms with van der Waals surface area (Å²) in [5, 5.41) is 6.90. The number of nitrogens with one attached hydrogen (secondary N) is 1. The zero-order valence-corrected chi connectivity index (χ0v) is 18.6. The molecule has 0 bridgehead atoms. The molecule has 3 heterocycles. The smallest absolute Gasteiger partial charge is 0.274 e. The van der Waals surface area contributed by atoms with Gasteiger partial charge < -0.3 is 14.8 Å². The molecule has 0 saturated carbocycles. The van der Waals surface area contributed by atoms with Gasteiger partial charge in [-0.3, -0.25) is 19.1 Å². The Balaban J connectivity index is 1.66. The van der Waals surface area contributed by atoms with Crippen molar-refractivity contribution in [1.29, 1.82) is 0 Å². The standard InChI is InChI=1S/C24H27N5O3/c1-16-13-20(26-27(16)3)23(31)28-12-10-19-18(14-28)15-29(24(32)21(19)22(30)25-2)11-9-17-7-5-4-6-8-17/h4-8,13,15H,9-12,14H2,1-3H3,(H,25,30). The minimum absolute atomic E-state index is 0.150. The lowest BCUT2D eigenvalue weighted by atomic mass is 9.95. The molecule has 8 nitrogen and oxygen atoms in total. The molecule has 1 aliphatic heterocycles. The van der Waals surface area contributed by atoms with Crippen LogP contribution >= 0.6 is 0 Å². The van der Waals surface area contributed by atoms with Gasteiger partial charge in [-0.25, -0.2) is 0 Å². The van der Waals surface area contributed by atoms with E-state index in [1.807, 2.05) is 37.3 Å². The zero-order valence-electron chi connectivity index (χ0n) is 18.6. The third-order valence-corrected chi connectivity index (χ3v) is 6.03. The third kappa shape index (κ3) is 4.08. The molecule has 0 radical (unpaired) electrons. The highest BCUT2D eigenvalue weighted by molar-refractivity contribution is 5.96. The van der Waals surface area contributed by atoms with Crippen LogP contribution in [0.25, 0.3) is 0 Å².